The molecule has 0 N–H and O–H groups in total. The molecule has 0 radical (unpaired) electrons. The van der Waals surface area contributed by atoms with Crippen molar-refractivity contribution < 1.29 is 13.2 Å². The summed E-state index contributed by atoms with van der Waals surface area (Å²) in [6.45, 7) is 1.24. The van der Waals surface area contributed by atoms with Gasteiger partial charge in [-0.3, -0.25) is 4.79 Å². The zero-order chi connectivity index (χ0) is 23.0. The number of nitriles is 1. The van der Waals surface area contributed by atoms with E-state index in [0.29, 0.717) is 19.4 Å². The van der Waals surface area contributed by atoms with E-state index in [1.807, 2.05) is 22.4 Å². The van der Waals surface area contributed by atoms with Crippen LogP contribution >= 0.6 is 22.7 Å². The number of hydrogen-bond acceptors (Lipinski definition) is 6. The number of carbonyl (C=O) groups excluding carboxylic acids is 1. The molecule has 33 heavy (non-hydrogen) atoms. The standard InChI is InChI=1S/C24H23N3O3S3/c25-16-18-4-1-2-6-22(18)33(29,30)26-11-7-17(8-12-26)24(28)27-13-9-20-19(10-15-32-20)23(27)21-5-3-14-31-21/h1-6,10,14-15,17,23H,7-9,11-13H2. The summed E-state index contributed by atoms with van der Waals surface area (Å²) in [5, 5.41) is 13.5. The van der Waals surface area contributed by atoms with Crippen molar-refractivity contribution >= 4 is 38.6 Å². The molecule has 2 aromatic heterocycles. The lowest BCUT2D eigenvalue weighted by Gasteiger charge is -2.39. The minimum atomic E-state index is -3.77. The maximum absolute atomic E-state index is 13.6. The van der Waals surface area contributed by atoms with E-state index >= 15 is 0 Å². The molecule has 1 atom stereocenters. The molecule has 4 heterocycles. The van der Waals surface area contributed by atoms with Crippen LogP contribution in [0.5, 0.6) is 0 Å². The molecule has 2 aliphatic rings. The summed E-state index contributed by atoms with van der Waals surface area (Å²) in [7, 11) is -3.77. The highest BCUT2D eigenvalue weighted by Crippen LogP contribution is 2.41. The van der Waals surface area contributed by atoms with Crippen LogP contribution in [0.25, 0.3) is 0 Å². The summed E-state index contributed by atoms with van der Waals surface area (Å²) in [4.78, 5) is 18.2. The van der Waals surface area contributed by atoms with Crippen LogP contribution in [0, 0.1) is 17.2 Å². The smallest absolute Gasteiger partial charge is 0.244 e. The number of thiophene rings is 2. The van der Waals surface area contributed by atoms with Crippen LogP contribution in [0.4, 0.5) is 0 Å². The van der Waals surface area contributed by atoms with Gasteiger partial charge in [0.1, 0.15) is 6.07 Å². The molecule has 6 nitrogen and oxygen atoms in total. The molecule has 0 aliphatic carbocycles. The van der Waals surface area contributed by atoms with Crippen LogP contribution in [0.1, 0.15) is 39.8 Å². The van der Waals surface area contributed by atoms with Gasteiger partial charge in [0.15, 0.2) is 0 Å². The Morgan fingerprint density at radius 3 is 2.52 bits per heavy atom. The average molecular weight is 498 g/mol. The largest absolute Gasteiger partial charge is 0.330 e. The van der Waals surface area contributed by atoms with Gasteiger partial charge in [-0.15, -0.1) is 22.7 Å². The van der Waals surface area contributed by atoms with E-state index in [0.717, 1.165) is 11.3 Å². The zero-order valence-electron chi connectivity index (χ0n) is 17.9. The summed E-state index contributed by atoms with van der Waals surface area (Å²) >= 11 is 3.42. The van der Waals surface area contributed by atoms with Crippen LogP contribution in [0.2, 0.25) is 0 Å². The van der Waals surface area contributed by atoms with E-state index in [4.69, 9.17) is 0 Å². The number of hydrogen-bond donors (Lipinski definition) is 0. The van der Waals surface area contributed by atoms with Crippen LogP contribution in [-0.2, 0) is 21.2 Å². The molecule has 1 amide bonds. The van der Waals surface area contributed by atoms with Gasteiger partial charge in [0.2, 0.25) is 15.9 Å². The molecule has 5 rings (SSSR count). The van der Waals surface area contributed by atoms with Crippen molar-refractivity contribution in [2.24, 2.45) is 5.92 Å². The van der Waals surface area contributed by atoms with Crippen molar-refractivity contribution in [3.63, 3.8) is 0 Å². The van der Waals surface area contributed by atoms with Crippen LogP contribution < -0.4 is 0 Å². The van der Waals surface area contributed by atoms with Gasteiger partial charge in [-0.05, 0) is 59.9 Å². The molecule has 1 unspecified atom stereocenters. The summed E-state index contributed by atoms with van der Waals surface area (Å²) in [5.74, 6) is -0.0926. The van der Waals surface area contributed by atoms with Crippen LogP contribution in [-0.4, -0.2) is 43.2 Å². The van der Waals surface area contributed by atoms with Crippen molar-refractivity contribution in [2.45, 2.75) is 30.2 Å². The number of fused-ring (bicyclic) bond motifs is 1. The molecule has 0 saturated carbocycles. The normalized spacial score (nSPS) is 19.7. The van der Waals surface area contributed by atoms with Gasteiger partial charge in [0.05, 0.1) is 16.5 Å². The maximum Gasteiger partial charge on any atom is 0.244 e. The maximum atomic E-state index is 13.6. The minimum absolute atomic E-state index is 0.0380. The molecule has 1 aromatic carbocycles. The van der Waals surface area contributed by atoms with Gasteiger partial charge < -0.3 is 4.90 Å². The molecule has 0 bridgehead atoms. The van der Waals surface area contributed by atoms with Crippen molar-refractivity contribution in [2.75, 3.05) is 19.6 Å². The second kappa shape index (κ2) is 9.03. The highest BCUT2D eigenvalue weighted by atomic mass is 32.2. The lowest BCUT2D eigenvalue weighted by molar-refractivity contribution is -0.138. The summed E-state index contributed by atoms with van der Waals surface area (Å²) < 4.78 is 27.7. The Labute approximate surface area is 201 Å². The predicted octanol–water partition coefficient (Wildman–Crippen LogP) is 4.26. The number of nitrogens with zero attached hydrogens (tertiary/aromatic N) is 3. The molecule has 2 aliphatic heterocycles. The molecule has 0 spiro atoms. The van der Waals surface area contributed by atoms with Crippen molar-refractivity contribution in [1.29, 1.82) is 5.26 Å². The molecule has 170 valence electrons. The van der Waals surface area contributed by atoms with E-state index in [1.165, 1.54) is 26.9 Å². The fourth-order valence-corrected chi connectivity index (χ4v) is 8.18. The fraction of sp³-hybridized carbons (Fsp3) is 0.333. The third kappa shape index (κ3) is 4.02. The Morgan fingerprint density at radius 1 is 1.00 bits per heavy atom. The molecule has 9 heteroatoms. The molecule has 1 saturated heterocycles. The van der Waals surface area contributed by atoms with Gasteiger partial charge in [0, 0.05) is 35.3 Å². The first-order valence-corrected chi connectivity index (χ1v) is 14.1. The van der Waals surface area contributed by atoms with Crippen LogP contribution in [0.3, 0.4) is 0 Å². The van der Waals surface area contributed by atoms with Gasteiger partial charge in [-0.25, -0.2) is 8.42 Å². The fourth-order valence-electron chi connectivity index (χ4n) is 4.81. The number of carbonyl (C=O) groups is 1. The van der Waals surface area contributed by atoms with Crippen molar-refractivity contribution in [3.05, 3.63) is 74.1 Å². The monoisotopic (exact) mass is 497 g/mol. The molecular weight excluding hydrogens is 474 g/mol. The van der Waals surface area contributed by atoms with Crippen molar-refractivity contribution in [3.8, 4) is 6.07 Å². The van der Waals surface area contributed by atoms with E-state index in [1.54, 1.807) is 34.8 Å². The Balaban J connectivity index is 1.33. The summed E-state index contributed by atoms with van der Waals surface area (Å²) in [5.41, 5.74) is 1.37. The second-order valence-corrected chi connectivity index (χ2v) is 12.2. The zero-order valence-corrected chi connectivity index (χ0v) is 20.3. The lowest BCUT2D eigenvalue weighted by Crippen LogP contribution is -2.47. The number of benzene rings is 1. The first-order valence-electron chi connectivity index (χ1n) is 10.9. The quantitative estimate of drug-likeness (QED) is 0.539. The first kappa shape index (κ1) is 22.3. The summed E-state index contributed by atoms with van der Waals surface area (Å²) in [6.07, 6.45) is 1.83. The molecule has 1 fully saturated rings. The van der Waals surface area contributed by atoms with Gasteiger partial charge in [-0.1, -0.05) is 18.2 Å². The SMILES string of the molecule is N#Cc1ccccc1S(=O)(=O)N1CCC(C(=O)N2CCc3sccc3C2c2cccs2)CC1. The molecular formula is C24H23N3O3S3. The third-order valence-corrected chi connectivity index (χ3v) is 10.4. The van der Waals surface area contributed by atoms with E-state index in [-0.39, 0.29) is 41.4 Å². The molecule has 3 aromatic rings. The minimum Gasteiger partial charge on any atom is -0.330 e. The van der Waals surface area contributed by atoms with E-state index in [2.05, 4.69) is 17.5 Å². The lowest BCUT2D eigenvalue weighted by atomic mass is 9.92. The predicted molar refractivity (Wildman–Crippen MR) is 129 cm³/mol. The van der Waals surface area contributed by atoms with Crippen molar-refractivity contribution in [1.82, 2.24) is 9.21 Å². The summed E-state index contributed by atoms with van der Waals surface area (Å²) in [6, 6.07) is 14.4. The number of piperidine rings is 1. The van der Waals surface area contributed by atoms with Gasteiger partial charge >= 0.3 is 0 Å². The van der Waals surface area contributed by atoms with Crippen LogP contribution in [0.15, 0.2) is 58.1 Å². The number of rotatable bonds is 4. The Kier molecular flexibility index (Phi) is 6.10. The first-order chi connectivity index (χ1) is 16.0. The number of sulfonamides is 1. The topological polar surface area (TPSA) is 81.5 Å². The van der Waals surface area contributed by atoms with Gasteiger partial charge in [-0.2, -0.15) is 9.57 Å². The Bertz CT molecular complexity index is 1300. The Hall–Kier alpha value is -2.51. The van der Waals surface area contributed by atoms with E-state index < -0.39 is 10.0 Å². The highest BCUT2D eigenvalue weighted by molar-refractivity contribution is 7.89. The third-order valence-electron chi connectivity index (χ3n) is 6.49. The van der Waals surface area contributed by atoms with E-state index in [9.17, 15) is 18.5 Å². The second-order valence-electron chi connectivity index (χ2n) is 8.29. The highest BCUT2D eigenvalue weighted by Gasteiger charge is 2.39. The number of amides is 1. The van der Waals surface area contributed by atoms with Gasteiger partial charge in [0.25, 0.3) is 0 Å². The average Bonchev–Trinajstić information content (AvgIpc) is 3.55. The Morgan fingerprint density at radius 2 is 1.79 bits per heavy atom.